The lowest BCUT2D eigenvalue weighted by molar-refractivity contribution is 0.100. The zero-order valence-corrected chi connectivity index (χ0v) is 8.52. The standard InChI is InChI=1S/C10H8F2N4O/c11-5-1-2-8(7(12)3-5)16-4-6(10(14)17)9(13)15-16/h1-4H,(H2,13,15)(H2,14,17). The molecule has 1 amide bonds. The summed E-state index contributed by atoms with van der Waals surface area (Å²) in [5.41, 5.74) is 10.4. The molecule has 7 heteroatoms. The number of anilines is 1. The quantitative estimate of drug-likeness (QED) is 0.812. The van der Waals surface area contributed by atoms with Crippen LogP contribution in [-0.2, 0) is 0 Å². The molecule has 1 aromatic carbocycles. The molecule has 5 nitrogen and oxygen atoms in total. The molecule has 88 valence electrons. The van der Waals surface area contributed by atoms with E-state index >= 15 is 0 Å². The van der Waals surface area contributed by atoms with Crippen LogP contribution in [0.5, 0.6) is 0 Å². The maximum atomic E-state index is 13.4. The minimum atomic E-state index is -0.816. The minimum absolute atomic E-state index is 0.0197. The monoisotopic (exact) mass is 238 g/mol. The SMILES string of the molecule is NC(=O)c1cn(-c2ccc(F)cc2F)nc1N. The summed E-state index contributed by atoms with van der Waals surface area (Å²) < 4.78 is 27.2. The molecular weight excluding hydrogens is 230 g/mol. The number of halogens is 2. The molecule has 2 aromatic rings. The van der Waals surface area contributed by atoms with Crippen molar-refractivity contribution in [2.75, 3.05) is 5.73 Å². The summed E-state index contributed by atoms with van der Waals surface area (Å²) in [5, 5.41) is 3.72. The number of amides is 1. The molecule has 0 aliphatic carbocycles. The van der Waals surface area contributed by atoms with Crippen LogP contribution in [0.2, 0.25) is 0 Å². The number of primary amides is 1. The maximum absolute atomic E-state index is 13.4. The Labute approximate surface area is 94.6 Å². The Kier molecular flexibility index (Phi) is 2.51. The van der Waals surface area contributed by atoms with Gasteiger partial charge in [0.15, 0.2) is 11.6 Å². The number of rotatable bonds is 2. The van der Waals surface area contributed by atoms with E-state index in [4.69, 9.17) is 11.5 Å². The predicted octanol–water partition coefficient (Wildman–Crippen LogP) is 0.832. The number of benzene rings is 1. The van der Waals surface area contributed by atoms with Crippen molar-refractivity contribution in [1.29, 1.82) is 0 Å². The number of hydrogen-bond acceptors (Lipinski definition) is 3. The minimum Gasteiger partial charge on any atom is -0.382 e. The van der Waals surface area contributed by atoms with E-state index in [1.165, 1.54) is 12.3 Å². The first-order valence-electron chi connectivity index (χ1n) is 4.59. The second-order valence-electron chi connectivity index (χ2n) is 3.33. The topological polar surface area (TPSA) is 86.9 Å². The first kappa shape index (κ1) is 11.1. The Balaban J connectivity index is 2.53. The second-order valence-corrected chi connectivity index (χ2v) is 3.33. The molecule has 4 N–H and O–H groups in total. The molecule has 1 aromatic heterocycles. The average Bonchev–Trinajstić information content (AvgIpc) is 2.60. The van der Waals surface area contributed by atoms with Crippen molar-refractivity contribution in [3.8, 4) is 5.69 Å². The number of hydrogen-bond donors (Lipinski definition) is 2. The van der Waals surface area contributed by atoms with Crippen molar-refractivity contribution in [3.63, 3.8) is 0 Å². The van der Waals surface area contributed by atoms with Gasteiger partial charge in [-0.25, -0.2) is 13.5 Å². The van der Waals surface area contributed by atoms with Gasteiger partial charge in [0.05, 0.1) is 0 Å². The van der Waals surface area contributed by atoms with Crippen LogP contribution < -0.4 is 11.5 Å². The first-order valence-corrected chi connectivity index (χ1v) is 4.59. The van der Waals surface area contributed by atoms with Gasteiger partial charge in [0.1, 0.15) is 17.1 Å². The Morgan fingerprint density at radius 3 is 2.59 bits per heavy atom. The summed E-state index contributed by atoms with van der Waals surface area (Å²) >= 11 is 0. The average molecular weight is 238 g/mol. The largest absolute Gasteiger partial charge is 0.382 e. The Hall–Kier alpha value is -2.44. The van der Waals surface area contributed by atoms with Gasteiger partial charge in [-0.2, -0.15) is 0 Å². The van der Waals surface area contributed by atoms with Crippen LogP contribution in [-0.4, -0.2) is 15.7 Å². The van der Waals surface area contributed by atoms with Gasteiger partial charge in [0.2, 0.25) is 0 Å². The van der Waals surface area contributed by atoms with Gasteiger partial charge in [0.25, 0.3) is 5.91 Å². The molecule has 17 heavy (non-hydrogen) atoms. The third-order valence-electron chi connectivity index (χ3n) is 2.16. The fourth-order valence-corrected chi connectivity index (χ4v) is 1.37. The van der Waals surface area contributed by atoms with Gasteiger partial charge in [-0.1, -0.05) is 0 Å². The van der Waals surface area contributed by atoms with Gasteiger partial charge < -0.3 is 11.5 Å². The normalized spacial score (nSPS) is 10.5. The second kappa shape index (κ2) is 3.85. The van der Waals surface area contributed by atoms with Crippen LogP contribution in [0, 0.1) is 11.6 Å². The van der Waals surface area contributed by atoms with Gasteiger partial charge in [0, 0.05) is 12.3 Å². The van der Waals surface area contributed by atoms with Crippen molar-refractivity contribution in [1.82, 2.24) is 9.78 Å². The number of aromatic nitrogens is 2. The van der Waals surface area contributed by atoms with Crippen LogP contribution >= 0.6 is 0 Å². The van der Waals surface area contributed by atoms with Crippen molar-refractivity contribution in [2.45, 2.75) is 0 Å². The molecule has 2 rings (SSSR count). The molecule has 0 fully saturated rings. The summed E-state index contributed by atoms with van der Waals surface area (Å²) in [5.74, 6) is -2.40. The fourth-order valence-electron chi connectivity index (χ4n) is 1.37. The van der Waals surface area contributed by atoms with E-state index in [1.807, 2.05) is 0 Å². The Morgan fingerprint density at radius 2 is 2.06 bits per heavy atom. The van der Waals surface area contributed by atoms with Crippen molar-refractivity contribution in [2.24, 2.45) is 5.73 Å². The zero-order valence-electron chi connectivity index (χ0n) is 8.52. The highest BCUT2D eigenvalue weighted by Crippen LogP contribution is 2.17. The molecule has 0 unspecified atom stereocenters. The smallest absolute Gasteiger partial charge is 0.254 e. The Bertz CT molecular complexity index is 594. The van der Waals surface area contributed by atoms with E-state index in [2.05, 4.69) is 5.10 Å². The van der Waals surface area contributed by atoms with E-state index in [0.717, 1.165) is 10.7 Å². The lowest BCUT2D eigenvalue weighted by Crippen LogP contribution is -2.11. The third-order valence-corrected chi connectivity index (χ3v) is 2.16. The van der Waals surface area contributed by atoms with Crippen LogP contribution in [0.1, 0.15) is 10.4 Å². The van der Waals surface area contributed by atoms with E-state index in [-0.39, 0.29) is 17.1 Å². The van der Waals surface area contributed by atoms with Gasteiger partial charge in [-0.05, 0) is 12.1 Å². The zero-order chi connectivity index (χ0) is 12.6. The molecule has 0 saturated heterocycles. The molecule has 0 aliphatic heterocycles. The molecular formula is C10H8F2N4O. The van der Waals surface area contributed by atoms with Gasteiger partial charge in [-0.3, -0.25) is 4.79 Å². The van der Waals surface area contributed by atoms with E-state index in [0.29, 0.717) is 6.07 Å². The van der Waals surface area contributed by atoms with Crippen LogP contribution in [0.25, 0.3) is 5.69 Å². The number of carbonyl (C=O) groups is 1. The highest BCUT2D eigenvalue weighted by molar-refractivity contribution is 5.96. The van der Waals surface area contributed by atoms with Crippen molar-refractivity contribution in [3.05, 3.63) is 41.6 Å². The first-order chi connectivity index (χ1) is 7.99. The molecule has 0 radical (unpaired) electrons. The molecule has 0 atom stereocenters. The van der Waals surface area contributed by atoms with Crippen LogP contribution in [0.15, 0.2) is 24.4 Å². The summed E-state index contributed by atoms with van der Waals surface area (Å²) in [6, 6.07) is 2.96. The maximum Gasteiger partial charge on any atom is 0.254 e. The van der Waals surface area contributed by atoms with E-state index in [9.17, 15) is 13.6 Å². The van der Waals surface area contributed by atoms with E-state index < -0.39 is 17.5 Å². The predicted molar refractivity (Wildman–Crippen MR) is 56.4 cm³/mol. The molecule has 0 spiro atoms. The molecule has 0 aliphatic rings. The number of nitrogens with zero attached hydrogens (tertiary/aromatic N) is 2. The number of nitrogen functional groups attached to an aromatic ring is 1. The van der Waals surface area contributed by atoms with Crippen molar-refractivity contribution < 1.29 is 13.6 Å². The highest BCUT2D eigenvalue weighted by atomic mass is 19.1. The fraction of sp³-hybridized carbons (Fsp3) is 0. The van der Waals surface area contributed by atoms with Crippen LogP contribution in [0.4, 0.5) is 14.6 Å². The lowest BCUT2D eigenvalue weighted by atomic mass is 10.3. The molecule has 0 saturated carbocycles. The highest BCUT2D eigenvalue weighted by Gasteiger charge is 2.14. The number of nitrogens with two attached hydrogens (primary N) is 2. The molecule has 0 bridgehead atoms. The summed E-state index contributed by atoms with van der Waals surface area (Å²) in [6.45, 7) is 0. The third kappa shape index (κ3) is 1.94. The van der Waals surface area contributed by atoms with Crippen molar-refractivity contribution >= 4 is 11.7 Å². The summed E-state index contributed by atoms with van der Waals surface area (Å²) in [4.78, 5) is 10.9. The van der Waals surface area contributed by atoms with E-state index in [1.54, 1.807) is 0 Å². The summed E-state index contributed by atoms with van der Waals surface area (Å²) in [6.07, 6.45) is 1.19. The van der Waals surface area contributed by atoms with Gasteiger partial charge >= 0.3 is 0 Å². The lowest BCUT2D eigenvalue weighted by Gasteiger charge is -2.02. The van der Waals surface area contributed by atoms with Gasteiger partial charge in [-0.15, -0.1) is 5.10 Å². The summed E-state index contributed by atoms with van der Waals surface area (Å²) in [7, 11) is 0. The van der Waals surface area contributed by atoms with Crippen LogP contribution in [0.3, 0.4) is 0 Å². The molecule has 1 heterocycles. The Morgan fingerprint density at radius 1 is 1.35 bits per heavy atom. The number of carbonyl (C=O) groups excluding carboxylic acids is 1.